The van der Waals surface area contributed by atoms with Crippen molar-refractivity contribution in [1.82, 2.24) is 9.97 Å². The molecule has 2 heterocycles. The molecule has 0 bridgehead atoms. The Morgan fingerprint density at radius 2 is 2.07 bits per heavy atom. The summed E-state index contributed by atoms with van der Waals surface area (Å²) in [4.78, 5) is 26.5. The van der Waals surface area contributed by atoms with Crippen LogP contribution in [0, 0.1) is 11.3 Å². The van der Waals surface area contributed by atoms with Crippen LogP contribution in [-0.2, 0) is 17.6 Å². The lowest BCUT2D eigenvalue weighted by Gasteiger charge is -2.25. The number of nitrogens with zero attached hydrogens (tertiary/aromatic N) is 4. The molecule has 1 aromatic carbocycles. The maximum absolute atomic E-state index is 13.3. The molecule has 1 atom stereocenters. The number of aromatic nitrogens is 2. The molecular weight excluding hydrogens is 400 g/mol. The van der Waals surface area contributed by atoms with Crippen LogP contribution >= 0.6 is 23.1 Å². The Hall–Kier alpha value is -2.43. The minimum Gasteiger partial charge on any atom is -0.310 e. The summed E-state index contributed by atoms with van der Waals surface area (Å²) in [5.41, 5.74) is 2.20. The second-order valence-electron chi connectivity index (χ2n) is 7.06. The number of rotatable bonds is 6. The smallest absolute Gasteiger partial charge is 0.240 e. The van der Waals surface area contributed by atoms with E-state index in [1.165, 1.54) is 35.0 Å². The SMILES string of the molecule is CC(Sc1ncnc2sc3c(c12)CCCC3)C(=O)N(CCC#N)c1ccccc1. The lowest BCUT2D eigenvalue weighted by Crippen LogP contribution is -2.37. The second-order valence-corrected chi connectivity index (χ2v) is 9.48. The number of fused-ring (bicyclic) bond motifs is 3. The van der Waals surface area contributed by atoms with E-state index in [-0.39, 0.29) is 11.2 Å². The van der Waals surface area contributed by atoms with Gasteiger partial charge in [0.15, 0.2) is 0 Å². The first-order chi connectivity index (χ1) is 14.2. The van der Waals surface area contributed by atoms with Crippen molar-refractivity contribution in [1.29, 1.82) is 5.26 Å². The van der Waals surface area contributed by atoms with Gasteiger partial charge in [-0.1, -0.05) is 30.0 Å². The van der Waals surface area contributed by atoms with Gasteiger partial charge >= 0.3 is 0 Å². The van der Waals surface area contributed by atoms with Gasteiger partial charge in [0.25, 0.3) is 0 Å². The number of carbonyl (C=O) groups excluding carboxylic acids is 1. The van der Waals surface area contributed by atoms with Crippen molar-refractivity contribution in [3.8, 4) is 6.07 Å². The second kappa shape index (κ2) is 8.93. The third-order valence-electron chi connectivity index (χ3n) is 5.13. The number of nitriles is 1. The van der Waals surface area contributed by atoms with E-state index in [0.717, 1.165) is 33.8 Å². The molecule has 7 heteroatoms. The summed E-state index contributed by atoms with van der Waals surface area (Å²) in [5, 5.41) is 10.7. The minimum atomic E-state index is -0.314. The summed E-state index contributed by atoms with van der Waals surface area (Å²) in [5.74, 6) is -0.00712. The van der Waals surface area contributed by atoms with Gasteiger partial charge in [0.1, 0.15) is 16.2 Å². The van der Waals surface area contributed by atoms with Gasteiger partial charge in [0.2, 0.25) is 5.91 Å². The molecule has 0 spiro atoms. The maximum Gasteiger partial charge on any atom is 0.240 e. The topological polar surface area (TPSA) is 69.9 Å². The third-order valence-corrected chi connectivity index (χ3v) is 7.42. The zero-order chi connectivity index (χ0) is 20.2. The highest BCUT2D eigenvalue weighted by Crippen LogP contribution is 2.40. The van der Waals surface area contributed by atoms with Gasteiger partial charge in [-0.15, -0.1) is 11.3 Å². The first kappa shape index (κ1) is 19.9. The van der Waals surface area contributed by atoms with Crippen LogP contribution in [0.15, 0.2) is 41.7 Å². The lowest BCUT2D eigenvalue weighted by molar-refractivity contribution is -0.117. The monoisotopic (exact) mass is 422 g/mol. The number of aryl methyl sites for hydroxylation is 2. The van der Waals surface area contributed by atoms with Crippen LogP contribution in [0.5, 0.6) is 0 Å². The Bertz CT molecular complexity index is 1060. The Kier molecular flexibility index (Phi) is 6.12. The van der Waals surface area contributed by atoms with E-state index >= 15 is 0 Å². The molecule has 1 unspecified atom stereocenters. The molecule has 1 aliphatic rings. The first-order valence-electron chi connectivity index (χ1n) is 9.84. The molecule has 2 aromatic heterocycles. The summed E-state index contributed by atoms with van der Waals surface area (Å²) in [6, 6.07) is 11.7. The summed E-state index contributed by atoms with van der Waals surface area (Å²) >= 11 is 3.26. The molecule has 3 aromatic rings. The van der Waals surface area contributed by atoms with Crippen molar-refractivity contribution < 1.29 is 4.79 Å². The maximum atomic E-state index is 13.3. The third kappa shape index (κ3) is 4.14. The molecule has 0 saturated heterocycles. The number of hydrogen-bond acceptors (Lipinski definition) is 6. The van der Waals surface area contributed by atoms with Crippen molar-refractivity contribution >= 4 is 44.9 Å². The molecule has 29 heavy (non-hydrogen) atoms. The Morgan fingerprint density at radius 1 is 1.28 bits per heavy atom. The van der Waals surface area contributed by atoms with Gasteiger partial charge in [-0.25, -0.2) is 9.97 Å². The van der Waals surface area contributed by atoms with Crippen molar-refractivity contribution in [2.75, 3.05) is 11.4 Å². The highest BCUT2D eigenvalue weighted by Gasteiger charge is 2.26. The average molecular weight is 423 g/mol. The molecule has 5 nitrogen and oxygen atoms in total. The Morgan fingerprint density at radius 3 is 2.86 bits per heavy atom. The van der Waals surface area contributed by atoms with Gasteiger partial charge in [-0.2, -0.15) is 5.26 Å². The predicted molar refractivity (Wildman–Crippen MR) is 118 cm³/mol. The lowest BCUT2D eigenvalue weighted by atomic mass is 9.97. The number of anilines is 1. The number of amides is 1. The predicted octanol–water partition coefficient (Wildman–Crippen LogP) is 5.00. The van der Waals surface area contributed by atoms with Crippen molar-refractivity contribution in [2.24, 2.45) is 0 Å². The molecule has 0 radical (unpaired) electrons. The van der Waals surface area contributed by atoms with Gasteiger partial charge in [0.05, 0.1) is 17.7 Å². The molecular formula is C22H22N4OS2. The van der Waals surface area contributed by atoms with Crippen LogP contribution in [-0.4, -0.2) is 27.7 Å². The van der Waals surface area contributed by atoms with Gasteiger partial charge in [-0.3, -0.25) is 4.79 Å². The summed E-state index contributed by atoms with van der Waals surface area (Å²) in [7, 11) is 0. The summed E-state index contributed by atoms with van der Waals surface area (Å²) in [6.07, 6.45) is 6.52. The fraction of sp³-hybridized carbons (Fsp3) is 0.364. The Balaban J connectivity index is 1.61. The highest BCUT2D eigenvalue weighted by molar-refractivity contribution is 8.00. The van der Waals surface area contributed by atoms with Gasteiger partial charge in [-0.05, 0) is 50.3 Å². The van der Waals surface area contributed by atoms with E-state index in [1.807, 2.05) is 37.3 Å². The Labute approximate surface area is 178 Å². The molecule has 1 aliphatic carbocycles. The molecule has 1 amide bonds. The standard InChI is InChI=1S/C22H22N4OS2/c1-15(22(27)26(13-7-12-23)16-8-3-2-4-9-16)28-20-19-17-10-5-6-11-18(17)29-21(19)25-14-24-20/h2-4,8-9,14-15H,5-7,10-11,13H2,1H3. The van der Waals surface area contributed by atoms with Gasteiger partial charge < -0.3 is 4.90 Å². The molecule has 0 N–H and O–H groups in total. The zero-order valence-electron chi connectivity index (χ0n) is 16.3. The van der Waals surface area contributed by atoms with E-state index in [0.29, 0.717) is 13.0 Å². The average Bonchev–Trinajstić information content (AvgIpc) is 3.14. The highest BCUT2D eigenvalue weighted by atomic mass is 32.2. The molecule has 0 aliphatic heterocycles. The van der Waals surface area contributed by atoms with Crippen LogP contribution in [0.3, 0.4) is 0 Å². The van der Waals surface area contributed by atoms with E-state index < -0.39 is 0 Å². The summed E-state index contributed by atoms with van der Waals surface area (Å²) < 4.78 is 0. The van der Waals surface area contributed by atoms with Crippen LogP contribution in [0.2, 0.25) is 0 Å². The van der Waals surface area contributed by atoms with Crippen LogP contribution in [0.25, 0.3) is 10.2 Å². The fourth-order valence-corrected chi connectivity index (χ4v) is 6.03. The van der Waals surface area contributed by atoms with Crippen LogP contribution in [0.1, 0.15) is 36.6 Å². The van der Waals surface area contributed by atoms with Crippen LogP contribution < -0.4 is 4.90 Å². The van der Waals surface area contributed by atoms with Crippen molar-refractivity contribution in [3.63, 3.8) is 0 Å². The number of hydrogen-bond donors (Lipinski definition) is 0. The van der Waals surface area contributed by atoms with Crippen molar-refractivity contribution in [3.05, 3.63) is 47.1 Å². The molecule has 4 rings (SSSR count). The number of thiophene rings is 1. The number of para-hydroxylation sites is 1. The normalized spacial score (nSPS) is 14.2. The largest absolute Gasteiger partial charge is 0.310 e. The van der Waals surface area contributed by atoms with E-state index in [4.69, 9.17) is 5.26 Å². The fourth-order valence-electron chi connectivity index (χ4n) is 3.72. The van der Waals surface area contributed by atoms with E-state index in [9.17, 15) is 4.79 Å². The van der Waals surface area contributed by atoms with Crippen molar-refractivity contribution in [2.45, 2.75) is 49.3 Å². The molecule has 0 saturated carbocycles. The number of benzene rings is 1. The van der Waals surface area contributed by atoms with E-state index in [2.05, 4.69) is 16.0 Å². The minimum absolute atomic E-state index is 0.00712. The van der Waals surface area contributed by atoms with E-state index in [1.54, 1.807) is 22.6 Å². The quantitative estimate of drug-likeness (QED) is 0.413. The summed E-state index contributed by atoms with van der Waals surface area (Å²) in [6.45, 7) is 2.30. The molecule has 148 valence electrons. The van der Waals surface area contributed by atoms with Crippen LogP contribution in [0.4, 0.5) is 5.69 Å². The van der Waals surface area contributed by atoms with Gasteiger partial charge in [0, 0.05) is 22.5 Å². The number of carbonyl (C=O) groups is 1. The first-order valence-corrected chi connectivity index (χ1v) is 11.5. The zero-order valence-corrected chi connectivity index (χ0v) is 17.9. The number of thioether (sulfide) groups is 1. The molecule has 0 fully saturated rings.